The maximum Gasteiger partial charge on any atom is 0.252 e. The van der Waals surface area contributed by atoms with Crippen molar-refractivity contribution in [1.82, 2.24) is 15.5 Å². The van der Waals surface area contributed by atoms with Crippen molar-refractivity contribution in [1.29, 1.82) is 0 Å². The number of hydrogen-bond donors (Lipinski definition) is 1. The van der Waals surface area contributed by atoms with Crippen LogP contribution < -0.4 is 10.2 Å². The van der Waals surface area contributed by atoms with Gasteiger partial charge < -0.3 is 19.5 Å². The minimum absolute atomic E-state index is 0.272. The van der Waals surface area contributed by atoms with E-state index < -0.39 is 0 Å². The van der Waals surface area contributed by atoms with E-state index >= 15 is 0 Å². The molecule has 152 valence electrons. The van der Waals surface area contributed by atoms with E-state index in [2.05, 4.69) is 32.5 Å². The van der Waals surface area contributed by atoms with E-state index in [4.69, 9.17) is 20.9 Å². The second-order valence-electron chi connectivity index (χ2n) is 7.23. The average Bonchev–Trinajstić information content (AvgIpc) is 3.24. The summed E-state index contributed by atoms with van der Waals surface area (Å²) in [4.78, 5) is 6.86. The highest BCUT2D eigenvalue weighted by molar-refractivity contribution is 6.30. The summed E-state index contributed by atoms with van der Waals surface area (Å²) in [7, 11) is 2.04. The molecule has 0 unspecified atom stereocenters. The molecule has 0 spiro atoms. The Bertz CT molecular complexity index is 903. The van der Waals surface area contributed by atoms with E-state index in [1.54, 1.807) is 0 Å². The molecule has 1 aliphatic heterocycles. The molecule has 4 rings (SSSR count). The molecular weight excluding hydrogens is 388 g/mol. The molecule has 0 bridgehead atoms. The molecule has 0 amide bonds. The molecular formula is C22H25ClN4O2. The van der Waals surface area contributed by atoms with Gasteiger partial charge in [0.05, 0.1) is 6.61 Å². The molecule has 1 saturated heterocycles. The lowest BCUT2D eigenvalue weighted by molar-refractivity contribution is 0.0850. The fraction of sp³-hybridized carbons (Fsp3) is 0.364. The molecule has 0 saturated carbocycles. The summed E-state index contributed by atoms with van der Waals surface area (Å²) in [5.74, 6) is 1.04. The zero-order valence-electron chi connectivity index (χ0n) is 16.5. The van der Waals surface area contributed by atoms with Crippen LogP contribution in [0.3, 0.4) is 0 Å². The fourth-order valence-corrected chi connectivity index (χ4v) is 3.64. The lowest BCUT2D eigenvalue weighted by atomic mass is 10.0. The van der Waals surface area contributed by atoms with Gasteiger partial charge in [0.25, 0.3) is 5.89 Å². The fourth-order valence-electron chi connectivity index (χ4n) is 3.52. The van der Waals surface area contributed by atoms with Crippen molar-refractivity contribution < 1.29 is 9.26 Å². The van der Waals surface area contributed by atoms with Crippen LogP contribution in [-0.2, 0) is 18.0 Å². The van der Waals surface area contributed by atoms with Crippen molar-refractivity contribution >= 4 is 17.3 Å². The Morgan fingerprint density at radius 2 is 1.79 bits per heavy atom. The number of piperidine rings is 1. The van der Waals surface area contributed by atoms with Gasteiger partial charge in [-0.2, -0.15) is 4.98 Å². The Morgan fingerprint density at radius 1 is 1.07 bits per heavy atom. The first kappa shape index (κ1) is 19.9. The van der Waals surface area contributed by atoms with Crippen LogP contribution in [-0.4, -0.2) is 36.3 Å². The monoisotopic (exact) mass is 412 g/mol. The molecule has 6 nitrogen and oxygen atoms in total. The van der Waals surface area contributed by atoms with Gasteiger partial charge in [-0.05, 0) is 61.9 Å². The Balaban J connectivity index is 1.31. The Kier molecular flexibility index (Phi) is 6.44. The van der Waals surface area contributed by atoms with Gasteiger partial charge in [-0.25, -0.2) is 0 Å². The van der Waals surface area contributed by atoms with Crippen molar-refractivity contribution in [3.8, 4) is 11.4 Å². The Morgan fingerprint density at radius 3 is 2.48 bits per heavy atom. The highest BCUT2D eigenvalue weighted by Gasteiger charge is 2.18. The zero-order chi connectivity index (χ0) is 20.1. The van der Waals surface area contributed by atoms with Crippen molar-refractivity contribution in [3.63, 3.8) is 0 Å². The molecule has 1 aliphatic rings. The van der Waals surface area contributed by atoms with Crippen LogP contribution in [0.25, 0.3) is 11.4 Å². The summed E-state index contributed by atoms with van der Waals surface area (Å²) < 4.78 is 11.0. The van der Waals surface area contributed by atoms with Crippen LogP contribution in [0.4, 0.5) is 5.69 Å². The van der Waals surface area contributed by atoms with Crippen molar-refractivity contribution in [3.05, 3.63) is 65.0 Å². The van der Waals surface area contributed by atoms with Crippen LogP contribution in [0.5, 0.6) is 0 Å². The Hall–Kier alpha value is -2.41. The zero-order valence-corrected chi connectivity index (χ0v) is 17.2. The van der Waals surface area contributed by atoms with Crippen molar-refractivity contribution in [2.24, 2.45) is 0 Å². The number of rotatable bonds is 7. The first-order valence-electron chi connectivity index (χ1n) is 9.88. The number of halogens is 1. The van der Waals surface area contributed by atoms with E-state index in [1.807, 2.05) is 43.4 Å². The maximum atomic E-state index is 5.89. The van der Waals surface area contributed by atoms with Gasteiger partial charge in [-0.3, -0.25) is 0 Å². The van der Waals surface area contributed by atoms with Crippen LogP contribution in [0, 0.1) is 0 Å². The minimum Gasteiger partial charge on any atom is -0.371 e. The van der Waals surface area contributed by atoms with Gasteiger partial charge in [0, 0.05) is 35.4 Å². The minimum atomic E-state index is 0.272. The SMILES string of the molecule is CNC1CCN(c2ccc(-c3noc(COCc4ccc(Cl)cc4)n3)cc2)CC1. The van der Waals surface area contributed by atoms with E-state index in [0.717, 1.165) is 24.2 Å². The molecule has 0 atom stereocenters. The number of nitrogens with one attached hydrogen (secondary N) is 1. The Labute approximate surface area is 175 Å². The number of anilines is 1. The summed E-state index contributed by atoms with van der Waals surface area (Å²) >= 11 is 5.89. The van der Waals surface area contributed by atoms with E-state index in [9.17, 15) is 0 Å². The van der Waals surface area contributed by atoms with Gasteiger partial charge in [-0.1, -0.05) is 28.9 Å². The standard InChI is InChI=1S/C22H25ClN4O2/c1-24-19-10-12-27(13-11-19)20-8-4-17(5-9-20)22-25-21(29-26-22)15-28-14-16-2-6-18(23)7-3-16/h2-9,19,24H,10-15H2,1H3. The summed E-state index contributed by atoms with van der Waals surface area (Å²) in [6, 6.07) is 16.5. The lowest BCUT2D eigenvalue weighted by Gasteiger charge is -2.33. The second-order valence-corrected chi connectivity index (χ2v) is 7.66. The topological polar surface area (TPSA) is 63.4 Å². The molecule has 0 radical (unpaired) electrons. The molecule has 29 heavy (non-hydrogen) atoms. The molecule has 1 N–H and O–H groups in total. The first-order valence-corrected chi connectivity index (χ1v) is 10.3. The molecule has 2 heterocycles. The normalized spacial score (nSPS) is 15.0. The summed E-state index contributed by atoms with van der Waals surface area (Å²) in [6.45, 7) is 2.88. The maximum absolute atomic E-state index is 5.89. The molecule has 2 aromatic carbocycles. The smallest absolute Gasteiger partial charge is 0.252 e. The summed E-state index contributed by atoms with van der Waals surface area (Å²) in [5.41, 5.74) is 3.22. The number of benzene rings is 2. The van der Waals surface area contributed by atoms with Gasteiger partial charge >= 0.3 is 0 Å². The molecule has 1 aromatic heterocycles. The van der Waals surface area contributed by atoms with Gasteiger partial charge in [0.15, 0.2) is 0 Å². The van der Waals surface area contributed by atoms with Crippen LogP contribution >= 0.6 is 11.6 Å². The lowest BCUT2D eigenvalue weighted by Crippen LogP contribution is -2.41. The van der Waals surface area contributed by atoms with Crippen molar-refractivity contribution in [2.75, 3.05) is 25.0 Å². The number of hydrogen-bond acceptors (Lipinski definition) is 6. The van der Waals surface area contributed by atoms with Crippen LogP contribution in [0.15, 0.2) is 53.1 Å². The largest absolute Gasteiger partial charge is 0.371 e. The first-order chi connectivity index (χ1) is 14.2. The molecule has 0 aliphatic carbocycles. The number of ether oxygens (including phenoxy) is 1. The van der Waals surface area contributed by atoms with Crippen LogP contribution in [0.2, 0.25) is 5.02 Å². The van der Waals surface area contributed by atoms with Gasteiger partial charge in [-0.15, -0.1) is 0 Å². The van der Waals surface area contributed by atoms with Crippen LogP contribution in [0.1, 0.15) is 24.3 Å². The second kappa shape index (κ2) is 9.39. The predicted molar refractivity (Wildman–Crippen MR) is 114 cm³/mol. The summed E-state index contributed by atoms with van der Waals surface area (Å²) in [6.07, 6.45) is 2.34. The third-order valence-corrected chi connectivity index (χ3v) is 5.52. The number of aromatic nitrogens is 2. The van der Waals surface area contributed by atoms with E-state index in [1.165, 1.54) is 18.5 Å². The van der Waals surface area contributed by atoms with Crippen molar-refractivity contribution in [2.45, 2.75) is 32.1 Å². The third kappa shape index (κ3) is 5.15. The molecule has 3 aromatic rings. The highest BCUT2D eigenvalue weighted by Crippen LogP contribution is 2.24. The number of nitrogens with zero attached hydrogens (tertiary/aromatic N) is 3. The van der Waals surface area contributed by atoms with E-state index in [-0.39, 0.29) is 6.61 Å². The van der Waals surface area contributed by atoms with Gasteiger partial charge in [0.1, 0.15) is 6.61 Å². The molecule has 1 fully saturated rings. The highest BCUT2D eigenvalue weighted by atomic mass is 35.5. The quantitative estimate of drug-likeness (QED) is 0.624. The van der Waals surface area contributed by atoms with Gasteiger partial charge in [0.2, 0.25) is 5.82 Å². The predicted octanol–water partition coefficient (Wildman–Crippen LogP) is 4.30. The van der Waals surface area contributed by atoms with E-state index in [0.29, 0.717) is 29.4 Å². The molecule has 7 heteroatoms. The average molecular weight is 413 g/mol. The summed E-state index contributed by atoms with van der Waals surface area (Å²) in [5, 5.41) is 8.16. The third-order valence-electron chi connectivity index (χ3n) is 5.27.